The number of ether oxygens (including phenoxy) is 1. The van der Waals surface area contributed by atoms with Crippen LogP contribution in [0.5, 0.6) is 0 Å². The second-order valence-electron chi connectivity index (χ2n) is 4.11. The fourth-order valence-corrected chi connectivity index (χ4v) is 2.22. The molecule has 1 aromatic rings. The molecule has 1 unspecified atom stereocenters. The molecule has 1 atom stereocenters. The van der Waals surface area contributed by atoms with Crippen LogP contribution in [0.25, 0.3) is 0 Å². The van der Waals surface area contributed by atoms with Gasteiger partial charge in [0.25, 0.3) is 0 Å². The van der Waals surface area contributed by atoms with Gasteiger partial charge in [-0.2, -0.15) is 0 Å². The summed E-state index contributed by atoms with van der Waals surface area (Å²) in [5, 5.41) is 2.78. The summed E-state index contributed by atoms with van der Waals surface area (Å²) in [4.78, 5) is 11.4. The van der Waals surface area contributed by atoms with Crippen LogP contribution in [-0.2, 0) is 11.2 Å². The molecule has 2 rings (SSSR count). The van der Waals surface area contributed by atoms with Crippen LogP contribution in [0.15, 0.2) is 24.3 Å². The molecule has 0 bridgehead atoms. The van der Waals surface area contributed by atoms with Crippen LogP contribution in [0, 0.1) is 0 Å². The minimum atomic E-state index is -0.644. The van der Waals surface area contributed by atoms with Crippen molar-refractivity contribution in [2.45, 2.75) is 25.3 Å². The van der Waals surface area contributed by atoms with Crippen LogP contribution in [0.3, 0.4) is 0 Å². The van der Waals surface area contributed by atoms with Crippen molar-refractivity contribution in [1.29, 1.82) is 0 Å². The van der Waals surface area contributed by atoms with Crippen molar-refractivity contribution in [2.24, 2.45) is 0 Å². The van der Waals surface area contributed by atoms with Crippen molar-refractivity contribution >= 4 is 6.09 Å². The van der Waals surface area contributed by atoms with Crippen molar-refractivity contribution in [2.75, 3.05) is 13.3 Å². The van der Waals surface area contributed by atoms with E-state index in [1.807, 2.05) is 18.2 Å². The maximum absolute atomic E-state index is 11.9. The van der Waals surface area contributed by atoms with E-state index >= 15 is 0 Å². The first-order valence-electron chi connectivity index (χ1n) is 5.88. The zero-order valence-electron chi connectivity index (χ0n) is 9.62. The fraction of sp³-hybridized carbons (Fsp3) is 0.462. The normalized spacial score (nSPS) is 18.3. The number of amides is 1. The molecule has 0 saturated heterocycles. The number of rotatable bonds is 3. The number of aryl methyl sites for hydroxylation is 1. The Labute approximate surface area is 100.0 Å². The smallest absolute Gasteiger partial charge is 0.407 e. The largest absolute Gasteiger partial charge is 0.447 e. The molecule has 1 aliphatic rings. The molecule has 1 aliphatic carbocycles. The number of carbonyl (C=O) groups is 1. The van der Waals surface area contributed by atoms with Gasteiger partial charge in [0, 0.05) is 0 Å². The molecule has 1 N–H and O–H groups in total. The molecule has 0 heterocycles. The Bertz CT molecular complexity index is 395. The first kappa shape index (κ1) is 11.9. The van der Waals surface area contributed by atoms with Crippen molar-refractivity contribution in [3.63, 3.8) is 0 Å². The predicted molar refractivity (Wildman–Crippen MR) is 62.6 cm³/mol. The Morgan fingerprint density at radius 2 is 2.29 bits per heavy atom. The molecule has 1 aromatic carbocycles. The van der Waals surface area contributed by atoms with E-state index in [1.54, 1.807) is 0 Å². The van der Waals surface area contributed by atoms with E-state index in [1.165, 1.54) is 5.56 Å². The summed E-state index contributed by atoms with van der Waals surface area (Å²) in [5.74, 6) is 0. The van der Waals surface area contributed by atoms with Crippen LogP contribution >= 0.6 is 0 Å². The van der Waals surface area contributed by atoms with Crippen molar-refractivity contribution in [3.05, 3.63) is 35.4 Å². The number of alkyl halides is 1. The lowest BCUT2D eigenvalue weighted by molar-refractivity contribution is 0.133. The van der Waals surface area contributed by atoms with Crippen molar-refractivity contribution in [3.8, 4) is 0 Å². The topological polar surface area (TPSA) is 38.3 Å². The summed E-state index contributed by atoms with van der Waals surface area (Å²) in [5.41, 5.74) is 2.42. The molecule has 0 aliphatic heterocycles. The van der Waals surface area contributed by atoms with Gasteiger partial charge in [-0.1, -0.05) is 24.3 Å². The highest BCUT2D eigenvalue weighted by Crippen LogP contribution is 2.29. The number of benzene rings is 1. The van der Waals surface area contributed by atoms with E-state index in [4.69, 9.17) is 0 Å². The van der Waals surface area contributed by atoms with Gasteiger partial charge in [0.05, 0.1) is 6.04 Å². The highest BCUT2D eigenvalue weighted by atomic mass is 19.1. The molecule has 0 fully saturated rings. The number of carbonyl (C=O) groups excluding carboxylic acids is 1. The molecular formula is C13H16FNO2. The third-order valence-corrected chi connectivity index (χ3v) is 2.97. The summed E-state index contributed by atoms with van der Waals surface area (Å²) >= 11 is 0. The average Bonchev–Trinajstić information content (AvgIpc) is 2.37. The Morgan fingerprint density at radius 3 is 3.12 bits per heavy atom. The Balaban J connectivity index is 2.01. The zero-order chi connectivity index (χ0) is 12.1. The lowest BCUT2D eigenvalue weighted by Crippen LogP contribution is -2.31. The summed E-state index contributed by atoms with van der Waals surface area (Å²) in [7, 11) is 0. The van der Waals surface area contributed by atoms with Crippen LogP contribution < -0.4 is 5.32 Å². The molecule has 0 radical (unpaired) electrons. The van der Waals surface area contributed by atoms with Gasteiger partial charge in [0.15, 0.2) is 0 Å². The molecule has 0 aromatic heterocycles. The Kier molecular flexibility index (Phi) is 3.96. The number of fused-ring (bicyclic) bond motifs is 1. The minimum Gasteiger partial charge on any atom is -0.447 e. The van der Waals surface area contributed by atoms with Crippen LogP contribution in [0.4, 0.5) is 9.18 Å². The fourth-order valence-electron chi connectivity index (χ4n) is 2.22. The van der Waals surface area contributed by atoms with E-state index in [9.17, 15) is 9.18 Å². The van der Waals surface area contributed by atoms with Gasteiger partial charge in [-0.05, 0) is 30.4 Å². The van der Waals surface area contributed by atoms with Gasteiger partial charge >= 0.3 is 6.09 Å². The average molecular weight is 237 g/mol. The predicted octanol–water partition coefficient (Wildman–Crippen LogP) is 2.76. The molecule has 17 heavy (non-hydrogen) atoms. The van der Waals surface area contributed by atoms with Gasteiger partial charge in [0.1, 0.15) is 13.3 Å². The highest BCUT2D eigenvalue weighted by molar-refractivity contribution is 5.68. The molecular weight excluding hydrogens is 221 g/mol. The van der Waals surface area contributed by atoms with E-state index in [-0.39, 0.29) is 12.6 Å². The summed E-state index contributed by atoms with van der Waals surface area (Å²) in [6.45, 7) is -0.825. The number of hydrogen-bond donors (Lipinski definition) is 1. The maximum atomic E-state index is 11.9. The molecule has 0 spiro atoms. The summed E-state index contributed by atoms with van der Waals surface area (Å²) in [6.07, 6.45) is 2.46. The summed E-state index contributed by atoms with van der Waals surface area (Å²) in [6, 6.07) is 8.06. The lowest BCUT2D eigenvalue weighted by atomic mass is 9.88. The molecule has 4 heteroatoms. The third-order valence-electron chi connectivity index (χ3n) is 2.97. The Morgan fingerprint density at radius 1 is 1.47 bits per heavy atom. The van der Waals surface area contributed by atoms with Crippen LogP contribution in [-0.4, -0.2) is 19.4 Å². The number of halogens is 1. The number of nitrogens with one attached hydrogen (secondary N) is 1. The van der Waals surface area contributed by atoms with Gasteiger partial charge in [-0.3, -0.25) is 0 Å². The third kappa shape index (κ3) is 2.96. The second kappa shape index (κ2) is 5.66. The lowest BCUT2D eigenvalue weighted by Gasteiger charge is -2.25. The molecule has 3 nitrogen and oxygen atoms in total. The SMILES string of the molecule is O=C(NC1CCCc2ccccc21)OCCF. The van der Waals surface area contributed by atoms with Gasteiger partial charge in [-0.15, -0.1) is 0 Å². The van der Waals surface area contributed by atoms with Crippen LogP contribution in [0.2, 0.25) is 0 Å². The molecule has 1 amide bonds. The minimum absolute atomic E-state index is 0.00735. The Hall–Kier alpha value is -1.58. The van der Waals surface area contributed by atoms with Crippen LogP contribution in [0.1, 0.15) is 30.0 Å². The molecule has 92 valence electrons. The van der Waals surface area contributed by atoms with Crippen molar-refractivity contribution < 1.29 is 13.9 Å². The van der Waals surface area contributed by atoms with Crippen molar-refractivity contribution in [1.82, 2.24) is 5.32 Å². The summed E-state index contributed by atoms with van der Waals surface area (Å²) < 4.78 is 16.5. The maximum Gasteiger partial charge on any atom is 0.407 e. The first-order valence-corrected chi connectivity index (χ1v) is 5.88. The first-order chi connectivity index (χ1) is 8.31. The standard InChI is InChI=1S/C13H16FNO2/c14-8-9-17-13(16)15-12-7-3-5-10-4-1-2-6-11(10)12/h1-2,4,6,12H,3,5,7-9H2,(H,15,16). The molecule has 0 saturated carbocycles. The monoisotopic (exact) mass is 237 g/mol. The number of alkyl carbamates (subject to hydrolysis) is 1. The van der Waals surface area contributed by atoms with Gasteiger partial charge in [-0.25, -0.2) is 9.18 Å². The zero-order valence-corrected chi connectivity index (χ0v) is 9.62. The van der Waals surface area contributed by atoms with E-state index in [0.717, 1.165) is 24.8 Å². The number of hydrogen-bond acceptors (Lipinski definition) is 2. The van der Waals surface area contributed by atoms with E-state index < -0.39 is 12.8 Å². The van der Waals surface area contributed by atoms with Gasteiger partial charge < -0.3 is 10.1 Å². The highest BCUT2D eigenvalue weighted by Gasteiger charge is 2.21. The quantitative estimate of drug-likeness (QED) is 0.877. The van der Waals surface area contributed by atoms with Gasteiger partial charge in [0.2, 0.25) is 0 Å². The van der Waals surface area contributed by atoms with E-state index in [0.29, 0.717) is 0 Å². The second-order valence-corrected chi connectivity index (χ2v) is 4.11. The van der Waals surface area contributed by atoms with E-state index in [2.05, 4.69) is 16.1 Å².